The molecule has 242 valence electrons. The maximum absolute atomic E-state index is 13.6. The van der Waals surface area contributed by atoms with Gasteiger partial charge in [-0.05, 0) is 44.1 Å². The molecule has 1 heterocycles. The third-order valence-electron chi connectivity index (χ3n) is 8.59. The highest BCUT2D eigenvalue weighted by atomic mass is 32.1. The lowest BCUT2D eigenvalue weighted by Gasteiger charge is -2.38. The molecule has 1 aromatic heterocycles. The topological polar surface area (TPSA) is 115 Å². The number of carbonyl (C=O) groups excluding carboxylic acids is 4. The van der Waals surface area contributed by atoms with E-state index < -0.39 is 18.0 Å². The SMILES string of the molecule is CCOC(=O)[C@@H](C)C[C@H](Cc1ccccc1)NC(=O)c1csc([C@@H](C[C@H](C(C)C)N(C)C(=O)C2(C)CCCC2)OC(C)=O)n1. The fourth-order valence-corrected chi connectivity index (χ4v) is 6.98. The quantitative estimate of drug-likeness (QED) is 0.236. The molecule has 2 aromatic rings. The molecule has 1 N–H and O–H groups in total. The largest absolute Gasteiger partial charge is 0.466 e. The van der Waals surface area contributed by atoms with Crippen molar-refractivity contribution < 1.29 is 28.7 Å². The zero-order chi connectivity index (χ0) is 32.4. The van der Waals surface area contributed by atoms with Gasteiger partial charge in [-0.2, -0.15) is 0 Å². The number of amides is 2. The van der Waals surface area contributed by atoms with Crippen molar-refractivity contribution in [1.29, 1.82) is 0 Å². The van der Waals surface area contributed by atoms with E-state index in [1.807, 2.05) is 49.2 Å². The van der Waals surface area contributed by atoms with Crippen molar-refractivity contribution in [2.75, 3.05) is 13.7 Å². The lowest BCUT2D eigenvalue weighted by atomic mass is 9.85. The summed E-state index contributed by atoms with van der Waals surface area (Å²) in [6.07, 6.45) is 4.47. The van der Waals surface area contributed by atoms with E-state index >= 15 is 0 Å². The first kappa shape index (κ1) is 35.2. The summed E-state index contributed by atoms with van der Waals surface area (Å²) in [5.41, 5.74) is 0.882. The highest BCUT2D eigenvalue weighted by Crippen LogP contribution is 2.40. The first-order valence-electron chi connectivity index (χ1n) is 15.8. The van der Waals surface area contributed by atoms with E-state index in [0.717, 1.165) is 31.2 Å². The third-order valence-corrected chi connectivity index (χ3v) is 9.53. The molecule has 10 heteroatoms. The Kier molecular flexibility index (Phi) is 12.9. The van der Waals surface area contributed by atoms with Crippen molar-refractivity contribution in [3.05, 3.63) is 52.0 Å². The summed E-state index contributed by atoms with van der Waals surface area (Å²) in [4.78, 5) is 58.0. The standard InChI is InChI=1S/C34H49N3O6S/c1-8-42-32(40)23(4)18-26(19-25-14-10-9-11-15-25)35-30(39)27-21-44-31(36-27)29(43-24(5)38)20-28(22(2)3)37(7)33(41)34(6)16-12-13-17-34/h9-11,14-15,21-23,26,28-29H,8,12-13,16-20H2,1-7H3,(H,35,39)/t23-,26+,28+,29+/m0/s1. The smallest absolute Gasteiger partial charge is 0.308 e. The molecule has 4 atom stereocenters. The summed E-state index contributed by atoms with van der Waals surface area (Å²) in [7, 11) is 1.84. The molecule has 2 amide bonds. The molecule has 1 fully saturated rings. The lowest BCUT2D eigenvalue weighted by molar-refractivity contribution is -0.150. The number of nitrogens with one attached hydrogen (secondary N) is 1. The number of ether oxygens (including phenoxy) is 2. The first-order chi connectivity index (χ1) is 20.8. The molecule has 9 nitrogen and oxygen atoms in total. The van der Waals surface area contributed by atoms with Crippen molar-refractivity contribution >= 4 is 35.1 Å². The average Bonchev–Trinajstić information content (AvgIpc) is 3.65. The van der Waals surface area contributed by atoms with Crippen LogP contribution in [0.15, 0.2) is 35.7 Å². The van der Waals surface area contributed by atoms with Crippen LogP contribution < -0.4 is 5.32 Å². The molecule has 1 aliphatic rings. The maximum atomic E-state index is 13.6. The molecule has 1 aliphatic carbocycles. The average molecular weight is 628 g/mol. The number of hydrogen-bond donors (Lipinski definition) is 1. The third kappa shape index (κ3) is 9.61. The minimum Gasteiger partial charge on any atom is -0.466 e. The van der Waals surface area contributed by atoms with Crippen LogP contribution in [0.5, 0.6) is 0 Å². The Morgan fingerprint density at radius 3 is 2.32 bits per heavy atom. The van der Waals surface area contributed by atoms with E-state index in [4.69, 9.17) is 9.47 Å². The Bertz CT molecular complexity index is 1260. The van der Waals surface area contributed by atoms with Gasteiger partial charge in [0.05, 0.1) is 12.5 Å². The van der Waals surface area contributed by atoms with Gasteiger partial charge in [-0.25, -0.2) is 4.98 Å². The van der Waals surface area contributed by atoms with Crippen LogP contribution in [0.2, 0.25) is 0 Å². The van der Waals surface area contributed by atoms with Crippen molar-refractivity contribution in [3.8, 4) is 0 Å². The molecule has 0 bridgehead atoms. The molecule has 0 unspecified atom stereocenters. The van der Waals surface area contributed by atoms with Crippen molar-refractivity contribution in [2.45, 2.75) is 105 Å². The van der Waals surface area contributed by atoms with E-state index in [-0.39, 0.29) is 46.9 Å². The van der Waals surface area contributed by atoms with Crippen LogP contribution in [0.4, 0.5) is 0 Å². The van der Waals surface area contributed by atoms with Crippen LogP contribution in [-0.2, 0) is 30.3 Å². The van der Waals surface area contributed by atoms with Gasteiger partial charge >= 0.3 is 11.9 Å². The maximum Gasteiger partial charge on any atom is 0.308 e. The molecule has 0 aliphatic heterocycles. The summed E-state index contributed by atoms with van der Waals surface area (Å²) in [6, 6.07) is 9.26. The van der Waals surface area contributed by atoms with Crippen molar-refractivity contribution in [3.63, 3.8) is 0 Å². The summed E-state index contributed by atoms with van der Waals surface area (Å²) in [6.45, 7) is 11.4. The first-order valence-corrected chi connectivity index (χ1v) is 16.6. The Morgan fingerprint density at radius 1 is 1.07 bits per heavy atom. The van der Waals surface area contributed by atoms with Crippen LogP contribution in [0.3, 0.4) is 0 Å². The summed E-state index contributed by atoms with van der Waals surface area (Å²) in [5.74, 6) is -1.29. The van der Waals surface area contributed by atoms with Crippen molar-refractivity contribution in [2.24, 2.45) is 17.3 Å². The van der Waals surface area contributed by atoms with Crippen LogP contribution in [0.1, 0.15) is 107 Å². The summed E-state index contributed by atoms with van der Waals surface area (Å²) in [5, 5.41) is 5.23. The molecule has 3 rings (SSSR count). The van der Waals surface area contributed by atoms with Gasteiger partial charge in [0.25, 0.3) is 5.91 Å². The molecule has 0 spiro atoms. The number of rotatable bonds is 15. The van der Waals surface area contributed by atoms with Gasteiger partial charge in [0, 0.05) is 43.3 Å². The van der Waals surface area contributed by atoms with Gasteiger partial charge in [-0.1, -0.05) is 70.9 Å². The van der Waals surface area contributed by atoms with Gasteiger partial charge in [0.1, 0.15) is 10.7 Å². The van der Waals surface area contributed by atoms with E-state index in [2.05, 4.69) is 24.1 Å². The zero-order valence-electron chi connectivity index (χ0n) is 27.3. The van der Waals surface area contributed by atoms with Gasteiger partial charge in [-0.3, -0.25) is 19.2 Å². The zero-order valence-corrected chi connectivity index (χ0v) is 28.1. The van der Waals surface area contributed by atoms with Gasteiger partial charge in [0.2, 0.25) is 5.91 Å². The van der Waals surface area contributed by atoms with Gasteiger partial charge < -0.3 is 19.7 Å². The molecule has 44 heavy (non-hydrogen) atoms. The number of hydrogen-bond acceptors (Lipinski definition) is 8. The van der Waals surface area contributed by atoms with Gasteiger partial charge in [-0.15, -0.1) is 11.3 Å². The molecular formula is C34H49N3O6S. The van der Waals surface area contributed by atoms with Crippen LogP contribution in [0, 0.1) is 17.3 Å². The van der Waals surface area contributed by atoms with Crippen molar-refractivity contribution in [1.82, 2.24) is 15.2 Å². The lowest BCUT2D eigenvalue weighted by Crippen LogP contribution is -2.47. The molecule has 0 radical (unpaired) electrons. The van der Waals surface area contributed by atoms with Crippen LogP contribution >= 0.6 is 11.3 Å². The predicted octanol–water partition coefficient (Wildman–Crippen LogP) is 6.13. The predicted molar refractivity (Wildman–Crippen MR) is 171 cm³/mol. The van der Waals surface area contributed by atoms with E-state index in [0.29, 0.717) is 30.9 Å². The Morgan fingerprint density at radius 2 is 1.73 bits per heavy atom. The minimum atomic E-state index is -0.706. The monoisotopic (exact) mass is 627 g/mol. The number of nitrogens with zero attached hydrogens (tertiary/aromatic N) is 2. The number of thiazole rings is 1. The second kappa shape index (κ2) is 16.2. The second-order valence-corrected chi connectivity index (χ2v) is 13.5. The normalized spacial score (nSPS) is 16.9. The fraction of sp³-hybridized carbons (Fsp3) is 0.618. The van der Waals surface area contributed by atoms with E-state index in [9.17, 15) is 19.2 Å². The Balaban J connectivity index is 1.79. The number of esters is 2. The molecule has 1 aromatic carbocycles. The minimum absolute atomic E-state index is 0.106. The molecule has 1 saturated carbocycles. The summed E-state index contributed by atoms with van der Waals surface area (Å²) >= 11 is 1.26. The molecule has 0 saturated heterocycles. The Labute approximate surface area is 266 Å². The highest BCUT2D eigenvalue weighted by molar-refractivity contribution is 7.09. The second-order valence-electron chi connectivity index (χ2n) is 12.6. The summed E-state index contributed by atoms with van der Waals surface area (Å²) < 4.78 is 10.9. The highest BCUT2D eigenvalue weighted by Gasteiger charge is 2.41. The number of benzene rings is 1. The Hall–Kier alpha value is -3.27. The molecular weight excluding hydrogens is 578 g/mol. The van der Waals surface area contributed by atoms with Gasteiger partial charge in [0.15, 0.2) is 6.10 Å². The fourth-order valence-electron chi connectivity index (χ4n) is 6.14. The number of aromatic nitrogens is 1. The van der Waals surface area contributed by atoms with Crippen LogP contribution in [0.25, 0.3) is 0 Å². The van der Waals surface area contributed by atoms with E-state index in [1.165, 1.54) is 18.3 Å². The van der Waals surface area contributed by atoms with Crippen LogP contribution in [-0.4, -0.2) is 59.4 Å². The number of carbonyl (C=O) groups is 4. The van der Waals surface area contributed by atoms with E-state index in [1.54, 1.807) is 19.2 Å².